The number of carbonyl (C=O) groups excluding carboxylic acids is 1. The zero-order valence-electron chi connectivity index (χ0n) is 12.9. The molecule has 7 atom stereocenters. The van der Waals surface area contributed by atoms with Crippen LogP contribution < -0.4 is 9.47 Å². The van der Waals surface area contributed by atoms with E-state index in [9.17, 15) is 9.90 Å². The number of hydrogen-bond acceptors (Lipinski definition) is 5. The molecule has 5 nitrogen and oxygen atoms in total. The Morgan fingerprint density at radius 1 is 1.43 bits per heavy atom. The molecule has 0 aromatic heterocycles. The van der Waals surface area contributed by atoms with Crippen LogP contribution in [0.1, 0.15) is 24.5 Å². The van der Waals surface area contributed by atoms with Gasteiger partial charge in [-0.1, -0.05) is 18.2 Å². The number of rotatable bonds is 1. The number of likely N-dealkylation sites (N-methyl/N-ethyl adjacent to an activating group) is 1. The molecule has 2 bridgehead atoms. The van der Waals surface area contributed by atoms with E-state index in [1.165, 1.54) is 18.1 Å². The van der Waals surface area contributed by atoms with Crippen molar-refractivity contribution in [2.75, 3.05) is 7.05 Å². The number of ether oxygens (including phenoxy) is 2. The molecule has 118 valence electrons. The highest BCUT2D eigenvalue weighted by atomic mass is 16.6. The van der Waals surface area contributed by atoms with Gasteiger partial charge in [-0.2, -0.15) is 0 Å². The summed E-state index contributed by atoms with van der Waals surface area (Å²) in [5.41, 5.74) is 2.40. The molecule has 2 unspecified atom stereocenters. The van der Waals surface area contributed by atoms with E-state index < -0.39 is 6.10 Å². The maximum absolute atomic E-state index is 11.4. The van der Waals surface area contributed by atoms with Crippen LogP contribution in [0.3, 0.4) is 0 Å². The van der Waals surface area contributed by atoms with Gasteiger partial charge in [0.05, 0.1) is 5.54 Å². The lowest BCUT2D eigenvalue weighted by atomic mass is 9.64. The molecule has 1 aromatic carbocycles. The molecule has 6 rings (SSSR count). The molecule has 2 fully saturated rings. The molecule has 2 heterocycles. The fourth-order valence-corrected chi connectivity index (χ4v) is 6.20. The van der Waals surface area contributed by atoms with Gasteiger partial charge in [0, 0.05) is 29.9 Å². The van der Waals surface area contributed by atoms with E-state index in [4.69, 9.17) is 9.47 Å². The highest BCUT2D eigenvalue weighted by Crippen LogP contribution is 2.80. The van der Waals surface area contributed by atoms with Gasteiger partial charge in [-0.25, -0.2) is 0 Å². The second-order valence-electron chi connectivity index (χ2n) is 7.55. The predicted molar refractivity (Wildman–Crippen MR) is 80.3 cm³/mol. The molecule has 5 aliphatic rings. The van der Waals surface area contributed by atoms with Gasteiger partial charge in [0.1, 0.15) is 12.2 Å². The Morgan fingerprint density at radius 2 is 2.26 bits per heavy atom. The van der Waals surface area contributed by atoms with Crippen LogP contribution in [-0.2, 0) is 15.7 Å². The largest absolute Gasteiger partial charge is 0.482 e. The predicted octanol–water partition coefficient (Wildman–Crippen LogP) is 1.08. The summed E-state index contributed by atoms with van der Waals surface area (Å²) in [4.78, 5) is 13.9. The molecule has 1 N–H and O–H groups in total. The average molecular weight is 311 g/mol. The maximum Gasteiger partial charge on any atom is 0.308 e. The highest BCUT2D eigenvalue weighted by Gasteiger charge is 2.84. The van der Waals surface area contributed by atoms with Crippen LogP contribution >= 0.6 is 0 Å². The zero-order valence-corrected chi connectivity index (χ0v) is 12.9. The van der Waals surface area contributed by atoms with Crippen molar-refractivity contribution in [3.8, 4) is 11.5 Å². The van der Waals surface area contributed by atoms with E-state index in [2.05, 4.69) is 24.1 Å². The van der Waals surface area contributed by atoms with Gasteiger partial charge in [-0.3, -0.25) is 9.69 Å². The molecule has 0 amide bonds. The van der Waals surface area contributed by atoms with E-state index >= 15 is 0 Å². The van der Waals surface area contributed by atoms with Gasteiger partial charge < -0.3 is 14.6 Å². The van der Waals surface area contributed by atoms with E-state index in [-0.39, 0.29) is 23.0 Å². The molecule has 2 aliphatic heterocycles. The standard InChI is InChI=1S/C18H17NO4/c1-8(20)22-12-6-4-9-13-14(12)23-16-11(21)5-3-10-15-18(9,19(15)2)7-17(10,13)16/h3-6,10-11,15-16,21H,7H2,1-2H3/t10-,11-,15-,16-,17-,18?,19?/m0/s1. The Kier molecular flexibility index (Phi) is 1.81. The number of aliphatic hydroxyl groups excluding tert-OH is 1. The molecule has 1 aromatic rings. The lowest BCUT2D eigenvalue weighted by molar-refractivity contribution is -0.132. The van der Waals surface area contributed by atoms with Crippen molar-refractivity contribution in [3.05, 3.63) is 35.4 Å². The first kappa shape index (κ1) is 12.6. The SMILES string of the molecule is CC(=O)Oc1ccc2c3c1O[C@H]1[C@@H](O)C=C[C@H]4[C@@H]5N(C)C25C[C@@]341. The number of carbonyl (C=O) groups is 1. The van der Waals surface area contributed by atoms with Crippen LogP contribution in [0.2, 0.25) is 0 Å². The van der Waals surface area contributed by atoms with Crippen LogP contribution in [0.4, 0.5) is 0 Å². The number of aliphatic hydroxyl groups is 1. The van der Waals surface area contributed by atoms with Gasteiger partial charge in [-0.15, -0.1) is 0 Å². The fraction of sp³-hybridized carbons (Fsp3) is 0.500. The third kappa shape index (κ3) is 1.03. The van der Waals surface area contributed by atoms with Gasteiger partial charge in [0.15, 0.2) is 11.5 Å². The minimum atomic E-state index is -0.616. The van der Waals surface area contributed by atoms with E-state index in [0.29, 0.717) is 23.5 Å². The summed E-state index contributed by atoms with van der Waals surface area (Å²) in [5, 5.41) is 10.5. The topological polar surface area (TPSA) is 58.8 Å². The number of nitrogens with zero attached hydrogens (tertiary/aromatic N) is 1. The van der Waals surface area contributed by atoms with Crippen LogP contribution in [0, 0.1) is 5.92 Å². The minimum Gasteiger partial charge on any atom is -0.482 e. The average Bonchev–Trinajstić information content (AvgIpc) is 2.85. The Balaban J connectivity index is 1.66. The highest BCUT2D eigenvalue weighted by molar-refractivity contribution is 5.75. The molecule has 1 saturated carbocycles. The lowest BCUT2D eigenvalue weighted by Gasteiger charge is -2.40. The smallest absolute Gasteiger partial charge is 0.308 e. The molecular weight excluding hydrogens is 294 g/mol. The summed E-state index contributed by atoms with van der Waals surface area (Å²) >= 11 is 0. The number of benzene rings is 1. The first-order valence-electron chi connectivity index (χ1n) is 8.14. The molecule has 3 aliphatic carbocycles. The summed E-state index contributed by atoms with van der Waals surface area (Å²) < 4.78 is 11.6. The lowest BCUT2D eigenvalue weighted by Crippen LogP contribution is -2.51. The quantitative estimate of drug-likeness (QED) is 0.364. The summed E-state index contributed by atoms with van der Waals surface area (Å²) in [6.07, 6.45) is 4.15. The van der Waals surface area contributed by atoms with E-state index in [0.717, 1.165) is 6.42 Å². The van der Waals surface area contributed by atoms with E-state index in [1.807, 2.05) is 12.1 Å². The third-order valence-corrected chi connectivity index (χ3v) is 6.85. The van der Waals surface area contributed by atoms with Gasteiger partial charge >= 0.3 is 5.97 Å². The maximum atomic E-state index is 11.4. The van der Waals surface area contributed by atoms with Crippen molar-refractivity contribution >= 4 is 5.97 Å². The van der Waals surface area contributed by atoms with Crippen LogP contribution in [-0.4, -0.2) is 41.3 Å². The van der Waals surface area contributed by atoms with Crippen molar-refractivity contribution in [2.24, 2.45) is 5.92 Å². The Labute approximate surface area is 133 Å². The van der Waals surface area contributed by atoms with Crippen molar-refractivity contribution in [1.29, 1.82) is 0 Å². The van der Waals surface area contributed by atoms with Gasteiger partial charge in [0.25, 0.3) is 0 Å². The molecule has 5 heteroatoms. The summed E-state index contributed by atoms with van der Waals surface area (Å²) in [7, 11) is 2.18. The first-order valence-corrected chi connectivity index (χ1v) is 8.14. The van der Waals surface area contributed by atoms with Crippen LogP contribution in [0.25, 0.3) is 0 Å². The number of likely N-dealkylation sites (tertiary alicyclic amines) is 1. The molecule has 0 radical (unpaired) electrons. The number of fused-ring (bicyclic) bond motifs is 1. The normalized spacial score (nSPS) is 48.7. The van der Waals surface area contributed by atoms with Crippen molar-refractivity contribution < 1.29 is 19.4 Å². The first-order chi connectivity index (χ1) is 11.0. The van der Waals surface area contributed by atoms with Crippen molar-refractivity contribution in [2.45, 2.75) is 42.5 Å². The second-order valence-corrected chi connectivity index (χ2v) is 7.55. The fourth-order valence-electron chi connectivity index (χ4n) is 6.20. The Hall–Kier alpha value is -1.85. The minimum absolute atomic E-state index is 0.0833. The summed E-state index contributed by atoms with van der Waals surface area (Å²) in [6.45, 7) is 1.40. The molecular formula is C18H17NO4. The van der Waals surface area contributed by atoms with Crippen LogP contribution in [0.15, 0.2) is 24.3 Å². The number of esters is 1. The molecule has 2 spiro atoms. The van der Waals surface area contributed by atoms with E-state index in [1.54, 1.807) is 0 Å². The zero-order chi connectivity index (χ0) is 15.7. The third-order valence-electron chi connectivity index (χ3n) is 6.85. The Morgan fingerprint density at radius 3 is 3.04 bits per heavy atom. The van der Waals surface area contributed by atoms with Crippen LogP contribution in [0.5, 0.6) is 11.5 Å². The summed E-state index contributed by atoms with van der Waals surface area (Å²) in [5.74, 6) is 1.17. The van der Waals surface area contributed by atoms with Gasteiger partial charge in [0.2, 0.25) is 0 Å². The number of hydrogen-bond donors (Lipinski definition) is 1. The summed E-state index contributed by atoms with van der Waals surface area (Å²) in [6, 6.07) is 4.43. The van der Waals surface area contributed by atoms with Crippen molar-refractivity contribution in [1.82, 2.24) is 4.90 Å². The van der Waals surface area contributed by atoms with Gasteiger partial charge in [-0.05, 0) is 25.1 Å². The molecule has 1 saturated heterocycles. The molecule has 23 heavy (non-hydrogen) atoms. The van der Waals surface area contributed by atoms with Crippen molar-refractivity contribution in [3.63, 3.8) is 0 Å². The number of piperidine rings is 1. The second kappa shape index (κ2) is 3.32. The Bertz CT molecular complexity index is 833. The monoisotopic (exact) mass is 311 g/mol.